The maximum atomic E-state index is 12.7. The number of hydrogen-bond acceptors (Lipinski definition) is 4. The molecule has 190 valence electrons. The smallest absolute Gasteiger partial charge is 0.227 e. The Labute approximate surface area is 212 Å². The van der Waals surface area contributed by atoms with Crippen molar-refractivity contribution in [2.75, 3.05) is 17.7 Å². The third kappa shape index (κ3) is 5.62. The number of hydrogen-bond donors (Lipinski definition) is 3. The van der Waals surface area contributed by atoms with E-state index in [0.717, 1.165) is 78.7 Å². The Morgan fingerprint density at radius 1 is 0.889 bits per heavy atom. The van der Waals surface area contributed by atoms with Gasteiger partial charge in [-0.3, -0.25) is 9.59 Å². The average molecular weight is 489 g/mol. The Bertz CT molecular complexity index is 1220. The summed E-state index contributed by atoms with van der Waals surface area (Å²) >= 11 is 0. The first-order valence-corrected chi connectivity index (χ1v) is 13.2. The zero-order valence-corrected chi connectivity index (χ0v) is 21.2. The molecule has 0 bridgehead atoms. The van der Waals surface area contributed by atoms with Gasteiger partial charge in [-0.1, -0.05) is 26.2 Å². The van der Waals surface area contributed by atoms with Gasteiger partial charge in [0.05, 0.1) is 17.1 Å². The summed E-state index contributed by atoms with van der Waals surface area (Å²) in [6.45, 7) is 2.23. The van der Waals surface area contributed by atoms with E-state index < -0.39 is 0 Å². The summed E-state index contributed by atoms with van der Waals surface area (Å²) in [5.41, 5.74) is 4.22. The summed E-state index contributed by atoms with van der Waals surface area (Å²) in [6, 6.07) is 13.5. The van der Waals surface area contributed by atoms with Crippen LogP contribution < -0.4 is 10.6 Å². The normalized spacial score (nSPS) is 24.4. The van der Waals surface area contributed by atoms with Gasteiger partial charge in [0.15, 0.2) is 0 Å². The van der Waals surface area contributed by atoms with Gasteiger partial charge in [0, 0.05) is 35.9 Å². The number of imidazole rings is 1. The Morgan fingerprint density at radius 2 is 1.56 bits per heavy atom. The van der Waals surface area contributed by atoms with Gasteiger partial charge in [-0.05, 0) is 80.5 Å². The van der Waals surface area contributed by atoms with Crippen LogP contribution in [0.1, 0.15) is 58.3 Å². The van der Waals surface area contributed by atoms with E-state index in [0.29, 0.717) is 5.92 Å². The Hall–Kier alpha value is -3.19. The van der Waals surface area contributed by atoms with E-state index in [1.165, 1.54) is 6.42 Å². The van der Waals surface area contributed by atoms with Crippen LogP contribution in [0.4, 0.5) is 11.4 Å². The molecule has 2 aromatic carbocycles. The third-order valence-corrected chi connectivity index (χ3v) is 7.81. The van der Waals surface area contributed by atoms with Crippen LogP contribution in [0.25, 0.3) is 22.4 Å². The van der Waals surface area contributed by atoms with Crippen molar-refractivity contribution in [3.05, 3.63) is 42.5 Å². The van der Waals surface area contributed by atoms with E-state index >= 15 is 0 Å². The van der Waals surface area contributed by atoms with Crippen molar-refractivity contribution < 1.29 is 14.3 Å². The second-order valence-electron chi connectivity index (χ2n) is 10.6. The van der Waals surface area contributed by atoms with Crippen molar-refractivity contribution in [3.63, 3.8) is 0 Å². The topological polar surface area (TPSA) is 96.1 Å². The van der Waals surface area contributed by atoms with Crippen LogP contribution >= 0.6 is 0 Å². The first kappa shape index (κ1) is 24.5. The summed E-state index contributed by atoms with van der Waals surface area (Å²) in [6.07, 6.45) is 8.19. The molecule has 1 aromatic heterocycles. The molecule has 2 aliphatic rings. The fourth-order valence-electron chi connectivity index (χ4n) is 5.69. The largest absolute Gasteiger partial charge is 0.381 e. The number of nitrogens with zero attached hydrogens (tertiary/aromatic N) is 1. The second kappa shape index (κ2) is 10.8. The summed E-state index contributed by atoms with van der Waals surface area (Å²) < 4.78 is 5.46. The highest BCUT2D eigenvalue weighted by Crippen LogP contribution is 2.31. The third-order valence-electron chi connectivity index (χ3n) is 7.81. The van der Waals surface area contributed by atoms with E-state index in [2.05, 4.69) is 22.5 Å². The lowest BCUT2D eigenvalue weighted by atomic mass is 9.82. The van der Waals surface area contributed by atoms with Crippen LogP contribution in [0.15, 0.2) is 42.5 Å². The summed E-state index contributed by atoms with van der Waals surface area (Å²) in [5, 5.41) is 6.15. The lowest BCUT2D eigenvalue weighted by Crippen LogP contribution is -2.30. The standard InChI is InChI=1S/C29H36N4O3/c1-18-5-3-6-20(15-18)28(34)31-23-13-14-25-26(17-23)33-27(32-25)19-9-11-22(12-10-19)30-29(35)21-7-4-8-24(16-21)36-2/h9-14,17-18,20-21,24H,3-8,15-16H2,1-2H3,(H,30,35)(H,31,34)(H,32,33). The maximum Gasteiger partial charge on any atom is 0.227 e. The van der Waals surface area contributed by atoms with Gasteiger partial charge in [0.25, 0.3) is 0 Å². The zero-order valence-electron chi connectivity index (χ0n) is 21.2. The first-order valence-electron chi connectivity index (χ1n) is 13.2. The lowest BCUT2D eigenvalue weighted by Gasteiger charge is -2.27. The SMILES string of the molecule is COC1CCCC(C(=O)Nc2ccc(-c3nc4ccc(NC(=O)C5CCCC(C)C5)cc4[nH]3)cc2)C1. The predicted octanol–water partition coefficient (Wildman–Crippen LogP) is 6.14. The summed E-state index contributed by atoms with van der Waals surface area (Å²) in [5.74, 6) is 1.63. The molecule has 4 unspecified atom stereocenters. The molecule has 7 nitrogen and oxygen atoms in total. The van der Waals surface area contributed by atoms with Crippen LogP contribution in [0.5, 0.6) is 0 Å². The quantitative estimate of drug-likeness (QED) is 0.388. The summed E-state index contributed by atoms with van der Waals surface area (Å²) in [4.78, 5) is 33.5. The molecule has 2 saturated carbocycles. The number of amides is 2. The molecule has 3 N–H and O–H groups in total. The zero-order chi connectivity index (χ0) is 25.1. The van der Waals surface area contributed by atoms with Gasteiger partial charge in [0.1, 0.15) is 5.82 Å². The van der Waals surface area contributed by atoms with E-state index in [1.54, 1.807) is 7.11 Å². The van der Waals surface area contributed by atoms with Crippen molar-refractivity contribution in [3.8, 4) is 11.4 Å². The van der Waals surface area contributed by atoms with Gasteiger partial charge in [0.2, 0.25) is 11.8 Å². The molecule has 4 atom stereocenters. The van der Waals surface area contributed by atoms with Crippen LogP contribution in [0.2, 0.25) is 0 Å². The van der Waals surface area contributed by atoms with E-state index in [4.69, 9.17) is 9.72 Å². The van der Waals surface area contributed by atoms with Crippen molar-refractivity contribution in [2.24, 2.45) is 17.8 Å². The number of benzene rings is 2. The molecule has 2 fully saturated rings. The van der Waals surface area contributed by atoms with E-state index in [9.17, 15) is 9.59 Å². The Kier molecular flexibility index (Phi) is 7.37. The fourth-order valence-corrected chi connectivity index (χ4v) is 5.69. The number of aromatic nitrogens is 2. The fraction of sp³-hybridized carbons (Fsp3) is 0.483. The molecule has 5 rings (SSSR count). The average Bonchev–Trinajstić information content (AvgIpc) is 3.32. The van der Waals surface area contributed by atoms with E-state index in [-0.39, 0.29) is 29.8 Å². The highest BCUT2D eigenvalue weighted by molar-refractivity contribution is 5.95. The minimum absolute atomic E-state index is 0.00468. The molecule has 2 amide bonds. The Balaban J connectivity index is 1.23. The number of anilines is 2. The van der Waals surface area contributed by atoms with Crippen LogP contribution in [0, 0.1) is 17.8 Å². The van der Waals surface area contributed by atoms with Gasteiger partial charge >= 0.3 is 0 Å². The minimum atomic E-state index is -0.00468. The van der Waals surface area contributed by atoms with Gasteiger partial charge in [-0.15, -0.1) is 0 Å². The molecular formula is C29H36N4O3. The van der Waals surface area contributed by atoms with Gasteiger partial charge in [-0.2, -0.15) is 0 Å². The number of ether oxygens (including phenoxy) is 1. The van der Waals surface area contributed by atoms with Gasteiger partial charge < -0.3 is 20.4 Å². The molecule has 7 heteroatoms. The van der Waals surface area contributed by atoms with Crippen LogP contribution in [-0.4, -0.2) is 35.0 Å². The number of carbonyl (C=O) groups excluding carboxylic acids is 2. The maximum absolute atomic E-state index is 12.7. The van der Waals surface area contributed by atoms with Crippen LogP contribution in [0.3, 0.4) is 0 Å². The molecule has 1 heterocycles. The van der Waals surface area contributed by atoms with Crippen molar-refractivity contribution in [1.82, 2.24) is 9.97 Å². The van der Waals surface area contributed by atoms with Crippen molar-refractivity contribution >= 4 is 34.2 Å². The molecule has 0 aliphatic heterocycles. The molecule has 0 saturated heterocycles. The first-order chi connectivity index (χ1) is 17.5. The number of H-pyrrole nitrogens is 1. The minimum Gasteiger partial charge on any atom is -0.381 e. The number of carbonyl (C=O) groups is 2. The van der Waals surface area contributed by atoms with Crippen LogP contribution in [-0.2, 0) is 14.3 Å². The number of aromatic amines is 1. The molecule has 0 radical (unpaired) electrons. The monoisotopic (exact) mass is 488 g/mol. The molecule has 3 aromatic rings. The van der Waals surface area contributed by atoms with E-state index in [1.807, 2.05) is 42.5 Å². The lowest BCUT2D eigenvalue weighted by molar-refractivity contribution is -0.122. The molecular weight excluding hydrogens is 452 g/mol. The number of nitrogens with one attached hydrogen (secondary N) is 3. The van der Waals surface area contributed by atoms with Crippen molar-refractivity contribution in [1.29, 1.82) is 0 Å². The second-order valence-corrected chi connectivity index (χ2v) is 10.6. The van der Waals surface area contributed by atoms with Crippen molar-refractivity contribution in [2.45, 2.75) is 64.4 Å². The highest BCUT2D eigenvalue weighted by atomic mass is 16.5. The predicted molar refractivity (Wildman–Crippen MR) is 143 cm³/mol. The number of fused-ring (bicyclic) bond motifs is 1. The molecule has 36 heavy (non-hydrogen) atoms. The molecule has 0 spiro atoms. The number of rotatable bonds is 6. The van der Waals surface area contributed by atoms with Gasteiger partial charge in [-0.25, -0.2) is 4.98 Å². The summed E-state index contributed by atoms with van der Waals surface area (Å²) in [7, 11) is 1.72. The number of methoxy groups -OCH3 is 1. The molecule has 2 aliphatic carbocycles. The Morgan fingerprint density at radius 3 is 2.28 bits per heavy atom. The highest BCUT2D eigenvalue weighted by Gasteiger charge is 2.27.